The first-order valence-corrected chi connectivity index (χ1v) is 9.27. The zero-order valence-corrected chi connectivity index (χ0v) is 16.3. The quantitative estimate of drug-likeness (QED) is 0.768. The second-order valence-electron chi connectivity index (χ2n) is 7.68. The Morgan fingerprint density at radius 3 is 2.59 bits per heavy atom. The summed E-state index contributed by atoms with van der Waals surface area (Å²) in [6.45, 7) is 8.95. The normalized spacial score (nSPS) is 15.8. The molecule has 2 aromatic rings. The van der Waals surface area contributed by atoms with Gasteiger partial charge in [0, 0.05) is 37.5 Å². The first-order chi connectivity index (χ1) is 12.8. The Kier molecular flexibility index (Phi) is 5.34. The molecular formula is C19H26N4O4. The Labute approximate surface area is 158 Å². The average molecular weight is 374 g/mol. The van der Waals surface area contributed by atoms with Crippen LogP contribution in [0.5, 0.6) is 0 Å². The van der Waals surface area contributed by atoms with Gasteiger partial charge in [-0.3, -0.25) is 0 Å². The van der Waals surface area contributed by atoms with Gasteiger partial charge in [0.1, 0.15) is 5.60 Å². The van der Waals surface area contributed by atoms with Gasteiger partial charge in [-0.05, 0) is 40.5 Å². The average Bonchev–Trinajstić information content (AvgIpc) is 3.04. The summed E-state index contributed by atoms with van der Waals surface area (Å²) in [5, 5.41) is 4.58. The molecule has 146 valence electrons. The molecule has 1 fully saturated rings. The Bertz CT molecular complexity index is 832. The number of piperidine rings is 1. The smallest absolute Gasteiger partial charge is 0.410 e. The highest BCUT2D eigenvalue weighted by atomic mass is 16.6. The van der Waals surface area contributed by atoms with Gasteiger partial charge >= 0.3 is 12.1 Å². The van der Waals surface area contributed by atoms with Gasteiger partial charge < -0.3 is 14.4 Å². The number of aromatic nitrogens is 3. The molecule has 8 heteroatoms. The lowest BCUT2D eigenvalue weighted by molar-refractivity contribution is 0.0203. The lowest BCUT2D eigenvalue weighted by Crippen LogP contribution is -2.41. The molecule has 0 radical (unpaired) electrons. The van der Waals surface area contributed by atoms with Crippen LogP contribution in [0.15, 0.2) is 18.5 Å². The summed E-state index contributed by atoms with van der Waals surface area (Å²) >= 11 is 0. The van der Waals surface area contributed by atoms with Crippen LogP contribution in [0, 0.1) is 0 Å². The molecule has 3 heterocycles. The van der Waals surface area contributed by atoms with Crippen molar-refractivity contribution in [1.82, 2.24) is 19.5 Å². The molecule has 1 saturated heterocycles. The van der Waals surface area contributed by atoms with Crippen molar-refractivity contribution < 1.29 is 19.1 Å². The highest BCUT2D eigenvalue weighted by molar-refractivity contribution is 5.88. The van der Waals surface area contributed by atoms with Gasteiger partial charge in [0.2, 0.25) is 0 Å². The summed E-state index contributed by atoms with van der Waals surface area (Å²) in [6.07, 6.45) is 4.50. The number of carbonyl (C=O) groups excluding carboxylic acids is 2. The molecule has 0 N–H and O–H groups in total. The first-order valence-electron chi connectivity index (χ1n) is 9.27. The number of fused-ring (bicyclic) bond motifs is 1. The number of rotatable bonds is 3. The number of esters is 1. The van der Waals surface area contributed by atoms with E-state index in [1.165, 1.54) is 6.20 Å². The Balaban J connectivity index is 1.67. The molecule has 0 aromatic carbocycles. The highest BCUT2D eigenvalue weighted by Gasteiger charge is 2.28. The number of amides is 1. The molecular weight excluding hydrogens is 348 g/mol. The van der Waals surface area contributed by atoms with E-state index in [-0.39, 0.29) is 12.0 Å². The van der Waals surface area contributed by atoms with Gasteiger partial charge in [-0.15, -0.1) is 0 Å². The SMILES string of the molecule is CCOC(=O)c1cnc2cc(C3CCN(C(=O)OC(C)(C)C)CC3)nn2c1. The van der Waals surface area contributed by atoms with E-state index in [1.54, 1.807) is 22.5 Å². The zero-order valence-electron chi connectivity index (χ0n) is 16.3. The van der Waals surface area contributed by atoms with Crippen molar-refractivity contribution in [2.24, 2.45) is 0 Å². The monoisotopic (exact) mass is 374 g/mol. The number of carbonyl (C=O) groups is 2. The largest absolute Gasteiger partial charge is 0.462 e. The summed E-state index contributed by atoms with van der Waals surface area (Å²) in [7, 11) is 0. The molecule has 0 bridgehead atoms. The number of hydrogen-bond donors (Lipinski definition) is 0. The molecule has 1 aliphatic rings. The van der Waals surface area contributed by atoms with Crippen molar-refractivity contribution in [2.75, 3.05) is 19.7 Å². The van der Waals surface area contributed by atoms with Gasteiger partial charge in [-0.25, -0.2) is 19.1 Å². The molecule has 0 aliphatic carbocycles. The topological polar surface area (TPSA) is 86.0 Å². The van der Waals surface area contributed by atoms with Crippen molar-refractivity contribution in [1.29, 1.82) is 0 Å². The first kappa shape index (κ1) is 19.1. The molecule has 27 heavy (non-hydrogen) atoms. The van der Waals surface area contributed by atoms with E-state index >= 15 is 0 Å². The molecule has 0 spiro atoms. The summed E-state index contributed by atoms with van der Waals surface area (Å²) in [6, 6.07) is 1.93. The third-order valence-electron chi connectivity index (χ3n) is 4.41. The minimum Gasteiger partial charge on any atom is -0.462 e. The predicted molar refractivity (Wildman–Crippen MR) is 98.7 cm³/mol. The van der Waals surface area contributed by atoms with Gasteiger partial charge in [0.15, 0.2) is 5.65 Å². The molecule has 0 unspecified atom stereocenters. The maximum atomic E-state index is 12.2. The van der Waals surface area contributed by atoms with Crippen molar-refractivity contribution in [2.45, 2.75) is 52.1 Å². The Morgan fingerprint density at radius 1 is 1.26 bits per heavy atom. The number of nitrogens with zero attached hydrogens (tertiary/aromatic N) is 4. The van der Waals surface area contributed by atoms with Crippen molar-refractivity contribution in [3.63, 3.8) is 0 Å². The van der Waals surface area contributed by atoms with Gasteiger partial charge in [0.25, 0.3) is 0 Å². The molecule has 3 rings (SSSR count). The van der Waals surface area contributed by atoms with Crippen LogP contribution in [0.1, 0.15) is 62.5 Å². The molecule has 2 aromatic heterocycles. The van der Waals surface area contributed by atoms with Crippen LogP contribution in [-0.2, 0) is 9.47 Å². The lowest BCUT2D eigenvalue weighted by Gasteiger charge is -2.32. The van der Waals surface area contributed by atoms with Crippen LogP contribution in [-0.4, -0.2) is 56.9 Å². The minimum absolute atomic E-state index is 0.247. The molecule has 1 aliphatic heterocycles. The number of likely N-dealkylation sites (tertiary alicyclic amines) is 1. The number of ether oxygens (including phenoxy) is 2. The Morgan fingerprint density at radius 2 is 1.96 bits per heavy atom. The third-order valence-corrected chi connectivity index (χ3v) is 4.41. The lowest BCUT2D eigenvalue weighted by atomic mass is 9.94. The fourth-order valence-corrected chi connectivity index (χ4v) is 3.10. The summed E-state index contributed by atoms with van der Waals surface area (Å²) in [4.78, 5) is 30.1. The third kappa shape index (κ3) is 4.56. The van der Waals surface area contributed by atoms with E-state index < -0.39 is 11.6 Å². The van der Waals surface area contributed by atoms with Crippen LogP contribution in [0.4, 0.5) is 4.79 Å². The van der Waals surface area contributed by atoms with Crippen LogP contribution < -0.4 is 0 Å². The summed E-state index contributed by atoms with van der Waals surface area (Å²) < 4.78 is 12.0. The van der Waals surface area contributed by atoms with Crippen LogP contribution in [0.3, 0.4) is 0 Å². The van der Waals surface area contributed by atoms with E-state index in [9.17, 15) is 9.59 Å². The maximum absolute atomic E-state index is 12.2. The molecule has 8 nitrogen and oxygen atoms in total. The van der Waals surface area contributed by atoms with Crippen molar-refractivity contribution in [3.8, 4) is 0 Å². The van der Waals surface area contributed by atoms with E-state index in [4.69, 9.17) is 9.47 Å². The summed E-state index contributed by atoms with van der Waals surface area (Å²) in [5.74, 6) is -0.161. The van der Waals surface area contributed by atoms with Crippen LogP contribution >= 0.6 is 0 Å². The standard InChI is InChI=1S/C19H26N4O4/c1-5-26-17(24)14-11-20-16-10-15(21-23(16)12-14)13-6-8-22(9-7-13)18(25)27-19(2,3)4/h10-13H,5-9H2,1-4H3. The van der Waals surface area contributed by atoms with Gasteiger partial charge in [0.05, 0.1) is 17.9 Å². The predicted octanol–water partition coefficient (Wildman–Crippen LogP) is 3.02. The minimum atomic E-state index is -0.488. The molecule has 0 saturated carbocycles. The second-order valence-corrected chi connectivity index (χ2v) is 7.68. The summed E-state index contributed by atoms with van der Waals surface area (Å²) in [5.41, 5.74) is 1.50. The van der Waals surface area contributed by atoms with E-state index in [2.05, 4.69) is 10.1 Å². The zero-order chi connectivity index (χ0) is 19.6. The van der Waals surface area contributed by atoms with E-state index in [1.807, 2.05) is 26.8 Å². The fraction of sp³-hybridized carbons (Fsp3) is 0.579. The highest BCUT2D eigenvalue weighted by Crippen LogP contribution is 2.28. The van der Waals surface area contributed by atoms with Crippen molar-refractivity contribution >= 4 is 17.7 Å². The second kappa shape index (κ2) is 7.54. The van der Waals surface area contributed by atoms with E-state index in [0.29, 0.717) is 30.9 Å². The molecule has 0 atom stereocenters. The van der Waals surface area contributed by atoms with E-state index in [0.717, 1.165) is 18.5 Å². The number of hydrogen-bond acceptors (Lipinski definition) is 6. The molecule has 1 amide bonds. The van der Waals surface area contributed by atoms with Gasteiger partial charge in [-0.2, -0.15) is 5.10 Å². The van der Waals surface area contributed by atoms with Crippen molar-refractivity contribution in [3.05, 3.63) is 29.7 Å². The maximum Gasteiger partial charge on any atom is 0.410 e. The fourth-order valence-electron chi connectivity index (χ4n) is 3.10. The Hall–Kier alpha value is -2.64. The van der Waals surface area contributed by atoms with Gasteiger partial charge in [-0.1, -0.05) is 0 Å². The van der Waals surface area contributed by atoms with Crippen LogP contribution in [0.25, 0.3) is 5.65 Å². The van der Waals surface area contributed by atoms with Crippen LogP contribution in [0.2, 0.25) is 0 Å².